The lowest BCUT2D eigenvalue weighted by molar-refractivity contribution is -0.0923. The van der Waals surface area contributed by atoms with Crippen LogP contribution in [-0.2, 0) is 4.74 Å². The van der Waals surface area contributed by atoms with Gasteiger partial charge in [-0.3, -0.25) is 11.3 Å². The Morgan fingerprint density at radius 3 is 2.29 bits per heavy atom. The summed E-state index contributed by atoms with van der Waals surface area (Å²) in [6, 6.07) is 0.310. The molecule has 0 aliphatic heterocycles. The molecule has 17 heavy (non-hydrogen) atoms. The van der Waals surface area contributed by atoms with Crippen molar-refractivity contribution in [3.05, 3.63) is 0 Å². The van der Waals surface area contributed by atoms with E-state index in [2.05, 4.69) is 26.2 Å². The Bertz CT molecular complexity index is 195. The van der Waals surface area contributed by atoms with Crippen molar-refractivity contribution in [1.29, 1.82) is 0 Å². The van der Waals surface area contributed by atoms with Crippen LogP contribution in [0.1, 0.15) is 65.7 Å². The molecule has 1 rings (SSSR count). The molecule has 1 fully saturated rings. The van der Waals surface area contributed by atoms with Crippen LogP contribution in [0.25, 0.3) is 0 Å². The number of nitrogens with two attached hydrogens (primary N) is 1. The Kier molecular flexibility index (Phi) is 6.45. The van der Waals surface area contributed by atoms with Gasteiger partial charge in [-0.05, 0) is 38.5 Å². The lowest BCUT2D eigenvalue weighted by atomic mass is 9.77. The maximum atomic E-state index is 6.11. The molecule has 3 nitrogen and oxygen atoms in total. The summed E-state index contributed by atoms with van der Waals surface area (Å²) in [6.07, 6.45) is 8.55. The lowest BCUT2D eigenvalue weighted by Gasteiger charge is -2.43. The highest BCUT2D eigenvalue weighted by atomic mass is 16.5. The van der Waals surface area contributed by atoms with Crippen molar-refractivity contribution in [2.45, 2.75) is 77.4 Å². The van der Waals surface area contributed by atoms with Gasteiger partial charge in [-0.1, -0.05) is 33.1 Å². The van der Waals surface area contributed by atoms with Gasteiger partial charge in [0.15, 0.2) is 0 Å². The molecule has 0 spiro atoms. The van der Waals surface area contributed by atoms with E-state index in [9.17, 15) is 0 Å². The summed E-state index contributed by atoms with van der Waals surface area (Å²) >= 11 is 0. The molecule has 3 N–H and O–H groups in total. The number of rotatable bonds is 7. The van der Waals surface area contributed by atoms with E-state index in [1.165, 1.54) is 25.7 Å². The molecule has 0 amide bonds. The third kappa shape index (κ3) is 4.23. The Morgan fingerprint density at radius 1 is 1.18 bits per heavy atom. The highest BCUT2D eigenvalue weighted by molar-refractivity contribution is 4.94. The minimum absolute atomic E-state index is 0.00333. The fourth-order valence-electron chi connectivity index (χ4n) is 3.03. The van der Waals surface area contributed by atoms with Gasteiger partial charge in [-0.15, -0.1) is 0 Å². The number of ether oxygens (including phenoxy) is 1. The minimum atomic E-state index is -0.00333. The summed E-state index contributed by atoms with van der Waals surface area (Å²) in [5, 5.41) is 0. The molecule has 0 bridgehead atoms. The molecule has 1 unspecified atom stereocenters. The van der Waals surface area contributed by atoms with Gasteiger partial charge in [0.25, 0.3) is 0 Å². The smallest absolute Gasteiger partial charge is 0.0848 e. The number of hydrogen-bond acceptors (Lipinski definition) is 3. The van der Waals surface area contributed by atoms with Crippen molar-refractivity contribution in [3.8, 4) is 0 Å². The Morgan fingerprint density at radius 2 is 1.82 bits per heavy atom. The molecule has 0 saturated heterocycles. The van der Waals surface area contributed by atoms with E-state index < -0.39 is 0 Å². The summed E-state index contributed by atoms with van der Waals surface area (Å²) in [5.74, 6) is 6.51. The van der Waals surface area contributed by atoms with Crippen LogP contribution in [0.15, 0.2) is 0 Å². The summed E-state index contributed by atoms with van der Waals surface area (Å²) in [4.78, 5) is 0. The van der Waals surface area contributed by atoms with Crippen LogP contribution >= 0.6 is 0 Å². The second kappa shape index (κ2) is 7.34. The van der Waals surface area contributed by atoms with E-state index in [1.807, 2.05) is 0 Å². The average Bonchev–Trinajstić information content (AvgIpc) is 2.31. The molecule has 1 atom stereocenters. The topological polar surface area (TPSA) is 47.3 Å². The number of nitrogens with one attached hydrogen (secondary N) is 1. The predicted octanol–water partition coefficient (Wildman–Crippen LogP) is 2.99. The second-order valence-electron chi connectivity index (χ2n) is 5.75. The summed E-state index contributed by atoms with van der Waals surface area (Å²) in [7, 11) is 0. The summed E-state index contributed by atoms with van der Waals surface area (Å²) < 4.78 is 6.11. The SMILES string of the molecule is CCOC1(C(CCC(C)C)NN)CCCCC1. The van der Waals surface area contributed by atoms with Crippen LogP contribution in [-0.4, -0.2) is 18.2 Å². The predicted molar refractivity (Wildman–Crippen MR) is 72.6 cm³/mol. The molecule has 0 heterocycles. The van der Waals surface area contributed by atoms with Crippen LogP contribution < -0.4 is 11.3 Å². The highest BCUT2D eigenvalue weighted by Gasteiger charge is 2.39. The van der Waals surface area contributed by atoms with E-state index in [-0.39, 0.29) is 5.60 Å². The van der Waals surface area contributed by atoms with Crippen molar-refractivity contribution in [2.75, 3.05) is 6.61 Å². The third-order valence-corrected chi connectivity index (χ3v) is 4.00. The Balaban J connectivity index is 2.63. The fraction of sp³-hybridized carbons (Fsp3) is 1.00. The van der Waals surface area contributed by atoms with E-state index >= 15 is 0 Å². The maximum Gasteiger partial charge on any atom is 0.0848 e. The van der Waals surface area contributed by atoms with Crippen LogP contribution in [0.4, 0.5) is 0 Å². The molecular weight excluding hydrogens is 212 g/mol. The first-order valence-electron chi connectivity index (χ1n) is 7.24. The van der Waals surface area contributed by atoms with Gasteiger partial charge in [0.05, 0.1) is 11.6 Å². The Hall–Kier alpha value is -0.120. The molecule has 1 aliphatic carbocycles. The number of hydrazine groups is 1. The molecule has 1 saturated carbocycles. The lowest BCUT2D eigenvalue weighted by Crippen LogP contribution is -2.56. The molecule has 0 aromatic rings. The highest BCUT2D eigenvalue weighted by Crippen LogP contribution is 2.36. The third-order valence-electron chi connectivity index (χ3n) is 4.00. The van der Waals surface area contributed by atoms with Crippen molar-refractivity contribution in [2.24, 2.45) is 11.8 Å². The molecule has 102 valence electrons. The molecule has 0 aromatic carbocycles. The van der Waals surface area contributed by atoms with Gasteiger partial charge in [0.1, 0.15) is 0 Å². The molecule has 0 radical (unpaired) electrons. The zero-order valence-corrected chi connectivity index (χ0v) is 11.8. The first kappa shape index (κ1) is 14.9. The van der Waals surface area contributed by atoms with Gasteiger partial charge in [0.2, 0.25) is 0 Å². The number of hydrogen-bond donors (Lipinski definition) is 2. The first-order chi connectivity index (χ1) is 8.14. The molecular formula is C14H30N2O. The van der Waals surface area contributed by atoms with E-state index in [1.54, 1.807) is 0 Å². The summed E-state index contributed by atoms with van der Waals surface area (Å²) in [5.41, 5.74) is 3.02. The zero-order valence-electron chi connectivity index (χ0n) is 11.8. The van der Waals surface area contributed by atoms with Gasteiger partial charge in [0, 0.05) is 6.61 Å². The van der Waals surface area contributed by atoms with Crippen molar-refractivity contribution >= 4 is 0 Å². The average molecular weight is 242 g/mol. The minimum Gasteiger partial charge on any atom is -0.374 e. The van der Waals surface area contributed by atoms with E-state index in [4.69, 9.17) is 10.6 Å². The van der Waals surface area contributed by atoms with Crippen molar-refractivity contribution in [1.82, 2.24) is 5.43 Å². The van der Waals surface area contributed by atoms with Gasteiger partial charge in [-0.2, -0.15) is 0 Å². The summed E-state index contributed by atoms with van der Waals surface area (Å²) in [6.45, 7) is 7.41. The van der Waals surface area contributed by atoms with Gasteiger partial charge >= 0.3 is 0 Å². The molecule has 1 aliphatic rings. The largest absolute Gasteiger partial charge is 0.374 e. The normalized spacial score (nSPS) is 21.7. The van der Waals surface area contributed by atoms with Crippen LogP contribution in [0.3, 0.4) is 0 Å². The van der Waals surface area contributed by atoms with E-state index in [0.717, 1.165) is 31.8 Å². The monoisotopic (exact) mass is 242 g/mol. The maximum absolute atomic E-state index is 6.11. The van der Waals surface area contributed by atoms with Crippen LogP contribution in [0, 0.1) is 5.92 Å². The van der Waals surface area contributed by atoms with Crippen LogP contribution in [0.2, 0.25) is 0 Å². The van der Waals surface area contributed by atoms with Crippen LogP contribution in [0.5, 0.6) is 0 Å². The molecule has 0 aromatic heterocycles. The Labute approximate surface area is 106 Å². The van der Waals surface area contributed by atoms with Gasteiger partial charge in [-0.25, -0.2) is 0 Å². The van der Waals surface area contributed by atoms with Crippen molar-refractivity contribution < 1.29 is 4.74 Å². The quantitative estimate of drug-likeness (QED) is 0.533. The fourth-order valence-corrected chi connectivity index (χ4v) is 3.03. The zero-order chi connectivity index (χ0) is 12.7. The van der Waals surface area contributed by atoms with Gasteiger partial charge < -0.3 is 4.74 Å². The first-order valence-corrected chi connectivity index (χ1v) is 7.24. The second-order valence-corrected chi connectivity index (χ2v) is 5.75. The van der Waals surface area contributed by atoms with Crippen molar-refractivity contribution in [3.63, 3.8) is 0 Å². The molecule has 3 heteroatoms. The standard InChI is InChI=1S/C14H30N2O/c1-4-17-14(10-6-5-7-11-14)13(16-15)9-8-12(2)3/h12-13,16H,4-11,15H2,1-3H3. The van der Waals surface area contributed by atoms with E-state index in [0.29, 0.717) is 6.04 Å².